The highest BCUT2D eigenvalue weighted by Gasteiger charge is 2.33. The van der Waals surface area contributed by atoms with Crippen molar-refractivity contribution in [3.05, 3.63) is 48.5 Å². The Morgan fingerprint density at radius 2 is 1.82 bits per heavy atom. The molecule has 1 aliphatic heterocycles. The molecule has 1 unspecified atom stereocenters. The number of hydrogen-bond acceptors (Lipinski definition) is 4. The monoisotopic (exact) mass is 381 g/mol. The normalized spacial score (nSPS) is 16.7. The number of ether oxygens (including phenoxy) is 1. The van der Waals surface area contributed by atoms with Crippen molar-refractivity contribution in [1.29, 1.82) is 0 Å². The van der Waals surface area contributed by atoms with Crippen LogP contribution in [0.15, 0.2) is 48.5 Å². The maximum atomic E-state index is 12.6. The van der Waals surface area contributed by atoms with Gasteiger partial charge in [-0.05, 0) is 50.5 Å². The van der Waals surface area contributed by atoms with Gasteiger partial charge in [0.05, 0.1) is 17.3 Å². The Kier molecular flexibility index (Phi) is 5.58. The van der Waals surface area contributed by atoms with Crippen LogP contribution >= 0.6 is 0 Å². The van der Waals surface area contributed by atoms with Crippen LogP contribution in [0.4, 0.5) is 16.2 Å². The van der Waals surface area contributed by atoms with Gasteiger partial charge in [0.25, 0.3) is 0 Å². The number of carbonyl (C=O) groups excluding carboxylic acids is 2. The Balaban J connectivity index is 1.62. The second-order valence-corrected chi connectivity index (χ2v) is 8.07. The molecule has 2 amide bonds. The van der Waals surface area contributed by atoms with Crippen LogP contribution in [0.1, 0.15) is 27.2 Å². The molecule has 2 aromatic rings. The van der Waals surface area contributed by atoms with Crippen LogP contribution in [-0.4, -0.2) is 35.6 Å². The minimum atomic E-state index is -0.549. The SMILES string of the molecule is CC(C)(C)OC(=O)N1CCC(C(=O)Nc2ccc(-c3ccccc3)cc2N)C1. The number of amides is 2. The van der Waals surface area contributed by atoms with Crippen molar-refractivity contribution in [3.8, 4) is 11.1 Å². The number of rotatable bonds is 3. The van der Waals surface area contributed by atoms with Crippen LogP contribution in [0.5, 0.6) is 0 Å². The first-order valence-electron chi connectivity index (χ1n) is 9.47. The Labute approximate surface area is 165 Å². The fourth-order valence-electron chi connectivity index (χ4n) is 3.19. The van der Waals surface area contributed by atoms with Crippen LogP contribution in [0.25, 0.3) is 11.1 Å². The molecule has 1 atom stereocenters. The van der Waals surface area contributed by atoms with E-state index in [1.807, 2.05) is 69.3 Å². The first-order valence-corrected chi connectivity index (χ1v) is 9.47. The van der Waals surface area contributed by atoms with Crippen molar-refractivity contribution < 1.29 is 14.3 Å². The van der Waals surface area contributed by atoms with Crippen LogP contribution in [0.2, 0.25) is 0 Å². The van der Waals surface area contributed by atoms with Gasteiger partial charge in [-0.3, -0.25) is 4.79 Å². The van der Waals surface area contributed by atoms with Gasteiger partial charge >= 0.3 is 6.09 Å². The highest BCUT2D eigenvalue weighted by Crippen LogP contribution is 2.28. The zero-order valence-electron chi connectivity index (χ0n) is 16.6. The number of nitrogens with one attached hydrogen (secondary N) is 1. The van der Waals surface area contributed by atoms with E-state index in [0.717, 1.165) is 11.1 Å². The summed E-state index contributed by atoms with van der Waals surface area (Å²) in [5.41, 5.74) is 8.76. The number of benzene rings is 2. The average Bonchev–Trinajstić information content (AvgIpc) is 3.13. The van der Waals surface area contributed by atoms with E-state index in [4.69, 9.17) is 10.5 Å². The maximum absolute atomic E-state index is 12.6. The summed E-state index contributed by atoms with van der Waals surface area (Å²) in [6.07, 6.45) is 0.224. The highest BCUT2D eigenvalue weighted by atomic mass is 16.6. The molecule has 148 valence electrons. The van der Waals surface area contributed by atoms with Gasteiger partial charge in [0.2, 0.25) is 5.91 Å². The van der Waals surface area contributed by atoms with Crippen LogP contribution in [0.3, 0.4) is 0 Å². The van der Waals surface area contributed by atoms with Gasteiger partial charge in [-0.15, -0.1) is 0 Å². The van der Waals surface area contributed by atoms with Crippen molar-refractivity contribution in [2.24, 2.45) is 5.92 Å². The average molecular weight is 381 g/mol. The molecule has 0 aromatic heterocycles. The fraction of sp³-hybridized carbons (Fsp3) is 0.364. The van der Waals surface area contributed by atoms with E-state index in [1.54, 1.807) is 4.90 Å². The van der Waals surface area contributed by atoms with E-state index in [1.165, 1.54) is 0 Å². The predicted molar refractivity (Wildman–Crippen MR) is 111 cm³/mol. The van der Waals surface area contributed by atoms with Crippen LogP contribution in [-0.2, 0) is 9.53 Å². The second-order valence-electron chi connectivity index (χ2n) is 8.07. The smallest absolute Gasteiger partial charge is 0.410 e. The number of carbonyl (C=O) groups is 2. The summed E-state index contributed by atoms with van der Waals surface area (Å²) in [5, 5.41) is 2.90. The number of anilines is 2. The van der Waals surface area contributed by atoms with Crippen LogP contribution < -0.4 is 11.1 Å². The van der Waals surface area contributed by atoms with E-state index in [-0.39, 0.29) is 17.9 Å². The Hall–Kier alpha value is -3.02. The first kappa shape index (κ1) is 19.7. The number of likely N-dealkylation sites (tertiary alicyclic amines) is 1. The summed E-state index contributed by atoms with van der Waals surface area (Å²) >= 11 is 0. The van der Waals surface area contributed by atoms with Crippen molar-refractivity contribution in [1.82, 2.24) is 4.90 Å². The number of hydrogen-bond donors (Lipinski definition) is 2. The molecular weight excluding hydrogens is 354 g/mol. The van der Waals surface area contributed by atoms with E-state index in [2.05, 4.69) is 5.32 Å². The molecule has 0 aliphatic carbocycles. The van der Waals surface area contributed by atoms with Gasteiger partial charge in [0.1, 0.15) is 5.60 Å². The summed E-state index contributed by atoms with van der Waals surface area (Å²) in [4.78, 5) is 26.4. The van der Waals surface area contributed by atoms with Gasteiger partial charge < -0.3 is 20.7 Å². The molecule has 1 aliphatic rings. The van der Waals surface area contributed by atoms with Gasteiger partial charge in [-0.1, -0.05) is 36.4 Å². The molecule has 28 heavy (non-hydrogen) atoms. The zero-order chi connectivity index (χ0) is 20.3. The van der Waals surface area contributed by atoms with Crippen molar-refractivity contribution in [3.63, 3.8) is 0 Å². The van der Waals surface area contributed by atoms with E-state index >= 15 is 0 Å². The highest BCUT2D eigenvalue weighted by molar-refractivity contribution is 5.96. The minimum Gasteiger partial charge on any atom is -0.444 e. The number of nitrogens with zero attached hydrogens (tertiary/aromatic N) is 1. The topological polar surface area (TPSA) is 84.7 Å². The summed E-state index contributed by atoms with van der Waals surface area (Å²) in [7, 11) is 0. The van der Waals surface area contributed by atoms with Crippen molar-refractivity contribution in [2.75, 3.05) is 24.1 Å². The molecule has 0 radical (unpaired) electrons. The van der Waals surface area contributed by atoms with E-state index in [0.29, 0.717) is 30.9 Å². The molecular formula is C22H27N3O3. The molecule has 0 saturated carbocycles. The number of nitrogen functional groups attached to an aromatic ring is 1. The predicted octanol–water partition coefficient (Wildman–Crippen LogP) is 4.13. The summed E-state index contributed by atoms with van der Waals surface area (Å²) < 4.78 is 5.38. The number of nitrogens with two attached hydrogens (primary N) is 1. The summed E-state index contributed by atoms with van der Waals surface area (Å²) in [5.74, 6) is -0.411. The lowest BCUT2D eigenvalue weighted by atomic mass is 10.0. The molecule has 1 heterocycles. The molecule has 6 nitrogen and oxygen atoms in total. The minimum absolute atomic E-state index is 0.134. The van der Waals surface area contributed by atoms with Gasteiger partial charge in [-0.2, -0.15) is 0 Å². The lowest BCUT2D eigenvalue weighted by molar-refractivity contribution is -0.119. The second kappa shape index (κ2) is 7.92. The molecule has 1 fully saturated rings. The fourth-order valence-corrected chi connectivity index (χ4v) is 3.19. The van der Waals surface area contributed by atoms with E-state index in [9.17, 15) is 9.59 Å². The standard InChI is InChI=1S/C22H27N3O3/c1-22(2,3)28-21(27)25-12-11-17(14-25)20(26)24-19-10-9-16(13-18(19)23)15-7-5-4-6-8-15/h4-10,13,17H,11-12,14,23H2,1-3H3,(H,24,26). The molecule has 1 saturated heterocycles. The third kappa shape index (κ3) is 4.82. The third-order valence-corrected chi connectivity index (χ3v) is 4.63. The molecule has 0 bridgehead atoms. The summed E-state index contributed by atoms with van der Waals surface area (Å²) in [6.45, 7) is 6.34. The van der Waals surface area contributed by atoms with Gasteiger partial charge in [0.15, 0.2) is 0 Å². The quantitative estimate of drug-likeness (QED) is 0.783. The van der Waals surface area contributed by atoms with E-state index < -0.39 is 5.60 Å². The lowest BCUT2D eigenvalue weighted by Gasteiger charge is -2.24. The summed E-state index contributed by atoms with van der Waals surface area (Å²) in [6, 6.07) is 15.5. The first-order chi connectivity index (χ1) is 13.2. The molecule has 2 aromatic carbocycles. The Morgan fingerprint density at radius 1 is 1.11 bits per heavy atom. The van der Waals surface area contributed by atoms with Crippen molar-refractivity contribution in [2.45, 2.75) is 32.8 Å². The Bertz CT molecular complexity index is 859. The van der Waals surface area contributed by atoms with Gasteiger partial charge in [0, 0.05) is 13.1 Å². The third-order valence-electron chi connectivity index (χ3n) is 4.63. The molecule has 3 N–H and O–H groups in total. The zero-order valence-corrected chi connectivity index (χ0v) is 16.6. The largest absolute Gasteiger partial charge is 0.444 e. The molecule has 6 heteroatoms. The Morgan fingerprint density at radius 3 is 2.46 bits per heavy atom. The maximum Gasteiger partial charge on any atom is 0.410 e. The van der Waals surface area contributed by atoms with Gasteiger partial charge in [-0.25, -0.2) is 4.79 Å². The van der Waals surface area contributed by atoms with Crippen LogP contribution in [0, 0.1) is 5.92 Å². The molecule has 0 spiro atoms. The lowest BCUT2D eigenvalue weighted by Crippen LogP contribution is -2.36. The van der Waals surface area contributed by atoms with Crippen molar-refractivity contribution >= 4 is 23.4 Å². The molecule has 3 rings (SSSR count).